The van der Waals surface area contributed by atoms with Crippen molar-refractivity contribution in [3.63, 3.8) is 0 Å². The minimum atomic E-state index is -0.457. The Morgan fingerprint density at radius 1 is 1.32 bits per heavy atom. The van der Waals surface area contributed by atoms with Crippen molar-refractivity contribution in [2.75, 3.05) is 44.3 Å². The molecule has 0 aromatic carbocycles. The van der Waals surface area contributed by atoms with E-state index in [1.54, 1.807) is 6.20 Å². The lowest BCUT2D eigenvalue weighted by atomic mass is 9.97. The number of carbonyl (C=O) groups is 2. The Morgan fingerprint density at radius 3 is 2.88 bits per heavy atom. The molecule has 3 N–H and O–H groups in total. The van der Waals surface area contributed by atoms with Crippen LogP contribution in [0, 0.1) is 5.92 Å². The number of pyridine rings is 1. The minimum absolute atomic E-state index is 0.0318. The van der Waals surface area contributed by atoms with Gasteiger partial charge < -0.3 is 25.6 Å². The average molecular weight is 347 g/mol. The van der Waals surface area contributed by atoms with Crippen LogP contribution < -0.4 is 16.0 Å². The van der Waals surface area contributed by atoms with Crippen LogP contribution in [-0.4, -0.2) is 61.2 Å². The van der Waals surface area contributed by atoms with Crippen LogP contribution in [0.5, 0.6) is 0 Å². The summed E-state index contributed by atoms with van der Waals surface area (Å²) in [5.74, 6) is 0.685. The highest BCUT2D eigenvalue weighted by molar-refractivity contribution is 5.80. The summed E-state index contributed by atoms with van der Waals surface area (Å²) in [6, 6.07) is 3.45. The van der Waals surface area contributed by atoms with Crippen molar-refractivity contribution in [3.8, 4) is 0 Å². The van der Waals surface area contributed by atoms with E-state index in [2.05, 4.69) is 15.2 Å². The van der Waals surface area contributed by atoms with Gasteiger partial charge >= 0.3 is 6.03 Å². The highest BCUT2D eigenvalue weighted by atomic mass is 16.5. The van der Waals surface area contributed by atoms with Crippen LogP contribution >= 0.6 is 0 Å². The largest absolute Gasteiger partial charge is 0.378 e. The number of hydrogen-bond donors (Lipinski definition) is 2. The van der Waals surface area contributed by atoms with Crippen LogP contribution in [0.2, 0.25) is 0 Å². The number of ether oxygens (including phenoxy) is 1. The molecule has 8 nitrogen and oxygen atoms in total. The van der Waals surface area contributed by atoms with Crippen molar-refractivity contribution in [1.29, 1.82) is 0 Å². The SMILES string of the molecule is NC(=O)N1CCC[C@@H](C(=O)NCc2ccnc(N3CCOCC3)c2)C1. The highest BCUT2D eigenvalue weighted by Gasteiger charge is 2.27. The molecule has 2 aliphatic heterocycles. The van der Waals surface area contributed by atoms with Gasteiger partial charge in [0, 0.05) is 38.9 Å². The van der Waals surface area contributed by atoms with Gasteiger partial charge in [0.1, 0.15) is 5.82 Å². The van der Waals surface area contributed by atoms with Crippen LogP contribution in [0.25, 0.3) is 0 Å². The Bertz CT molecular complexity index is 618. The predicted molar refractivity (Wildman–Crippen MR) is 93.0 cm³/mol. The molecular formula is C17H25N5O3. The third-order valence-electron chi connectivity index (χ3n) is 4.72. The van der Waals surface area contributed by atoms with Gasteiger partial charge in [-0.1, -0.05) is 0 Å². The van der Waals surface area contributed by atoms with E-state index in [1.165, 1.54) is 4.90 Å². The van der Waals surface area contributed by atoms with Gasteiger partial charge in [0.05, 0.1) is 19.1 Å². The molecule has 3 rings (SSSR count). The lowest BCUT2D eigenvalue weighted by Crippen LogP contribution is -2.47. The molecule has 3 amide bonds. The molecule has 0 radical (unpaired) electrons. The first-order valence-electron chi connectivity index (χ1n) is 8.73. The quantitative estimate of drug-likeness (QED) is 0.817. The first kappa shape index (κ1) is 17.5. The van der Waals surface area contributed by atoms with Gasteiger partial charge in [0.2, 0.25) is 5.91 Å². The molecule has 0 unspecified atom stereocenters. The number of carbonyl (C=O) groups excluding carboxylic acids is 2. The molecule has 25 heavy (non-hydrogen) atoms. The summed E-state index contributed by atoms with van der Waals surface area (Å²) in [5.41, 5.74) is 6.32. The number of nitrogens with two attached hydrogens (primary N) is 1. The van der Waals surface area contributed by atoms with Crippen LogP contribution in [0.15, 0.2) is 18.3 Å². The molecule has 0 bridgehead atoms. The number of primary amides is 1. The number of nitrogens with zero attached hydrogens (tertiary/aromatic N) is 3. The van der Waals surface area contributed by atoms with Crippen molar-refractivity contribution < 1.29 is 14.3 Å². The van der Waals surface area contributed by atoms with E-state index in [-0.39, 0.29) is 11.8 Å². The second-order valence-corrected chi connectivity index (χ2v) is 6.46. The van der Waals surface area contributed by atoms with Gasteiger partial charge in [-0.3, -0.25) is 4.79 Å². The highest BCUT2D eigenvalue weighted by Crippen LogP contribution is 2.17. The summed E-state index contributed by atoms with van der Waals surface area (Å²) in [6.07, 6.45) is 3.35. The van der Waals surface area contributed by atoms with E-state index in [4.69, 9.17) is 10.5 Å². The Balaban J connectivity index is 1.54. The van der Waals surface area contributed by atoms with Crippen molar-refractivity contribution in [2.24, 2.45) is 11.7 Å². The Kier molecular flexibility index (Phi) is 5.70. The fraction of sp³-hybridized carbons (Fsp3) is 0.588. The molecule has 1 aromatic heterocycles. The maximum atomic E-state index is 12.4. The molecule has 0 spiro atoms. The summed E-state index contributed by atoms with van der Waals surface area (Å²) < 4.78 is 5.36. The minimum Gasteiger partial charge on any atom is -0.378 e. The third-order valence-corrected chi connectivity index (χ3v) is 4.72. The van der Waals surface area contributed by atoms with E-state index in [1.807, 2.05) is 12.1 Å². The summed E-state index contributed by atoms with van der Waals surface area (Å²) in [6.45, 7) is 4.55. The van der Waals surface area contributed by atoms with Gasteiger partial charge in [0.25, 0.3) is 0 Å². The van der Waals surface area contributed by atoms with E-state index >= 15 is 0 Å². The maximum Gasteiger partial charge on any atom is 0.314 e. The Labute approximate surface area is 147 Å². The van der Waals surface area contributed by atoms with Gasteiger partial charge in [-0.15, -0.1) is 0 Å². The number of nitrogens with one attached hydrogen (secondary N) is 1. The molecular weight excluding hydrogens is 322 g/mol. The zero-order valence-corrected chi connectivity index (χ0v) is 14.3. The lowest BCUT2D eigenvalue weighted by molar-refractivity contribution is -0.126. The number of amides is 3. The lowest BCUT2D eigenvalue weighted by Gasteiger charge is -2.30. The van der Waals surface area contributed by atoms with E-state index in [0.29, 0.717) is 32.8 Å². The van der Waals surface area contributed by atoms with Crippen LogP contribution in [-0.2, 0) is 16.1 Å². The van der Waals surface area contributed by atoms with Crippen molar-refractivity contribution in [2.45, 2.75) is 19.4 Å². The topological polar surface area (TPSA) is 101 Å². The van der Waals surface area contributed by atoms with Crippen molar-refractivity contribution >= 4 is 17.8 Å². The number of hydrogen-bond acceptors (Lipinski definition) is 5. The average Bonchev–Trinajstić information content (AvgIpc) is 2.67. The smallest absolute Gasteiger partial charge is 0.314 e. The number of anilines is 1. The van der Waals surface area contributed by atoms with Crippen molar-refractivity contribution in [3.05, 3.63) is 23.9 Å². The molecule has 0 saturated carbocycles. The van der Waals surface area contributed by atoms with Gasteiger partial charge in [-0.05, 0) is 30.5 Å². The van der Waals surface area contributed by atoms with Gasteiger partial charge in [0.15, 0.2) is 0 Å². The number of morpholine rings is 1. The molecule has 2 fully saturated rings. The fourth-order valence-corrected chi connectivity index (χ4v) is 3.26. The number of urea groups is 1. The monoisotopic (exact) mass is 347 g/mol. The van der Waals surface area contributed by atoms with Crippen LogP contribution in [0.3, 0.4) is 0 Å². The molecule has 8 heteroatoms. The summed E-state index contributed by atoms with van der Waals surface area (Å²) in [7, 11) is 0. The van der Waals surface area contributed by atoms with E-state index in [0.717, 1.165) is 37.3 Å². The van der Waals surface area contributed by atoms with E-state index in [9.17, 15) is 9.59 Å². The number of rotatable bonds is 4. The Morgan fingerprint density at radius 2 is 2.12 bits per heavy atom. The Hall–Kier alpha value is -2.35. The molecule has 3 heterocycles. The molecule has 2 saturated heterocycles. The van der Waals surface area contributed by atoms with Gasteiger partial charge in [-0.2, -0.15) is 0 Å². The number of aromatic nitrogens is 1. The van der Waals surface area contributed by atoms with Crippen molar-refractivity contribution in [1.82, 2.24) is 15.2 Å². The molecule has 0 aliphatic carbocycles. The molecule has 1 aromatic rings. The summed E-state index contributed by atoms with van der Waals surface area (Å²) in [5, 5.41) is 2.97. The maximum absolute atomic E-state index is 12.4. The first-order chi connectivity index (χ1) is 12.1. The molecule has 1 atom stereocenters. The van der Waals surface area contributed by atoms with Crippen LogP contribution in [0.4, 0.5) is 10.6 Å². The third kappa shape index (κ3) is 4.60. The predicted octanol–water partition coefficient (Wildman–Crippen LogP) is 0.325. The molecule has 2 aliphatic rings. The normalized spacial score (nSPS) is 21.0. The first-order valence-corrected chi connectivity index (χ1v) is 8.73. The standard InChI is InChI=1S/C17H25N5O3/c18-17(24)22-5-1-2-14(12-22)16(23)20-11-13-3-4-19-15(10-13)21-6-8-25-9-7-21/h3-4,10,14H,1-2,5-9,11-12H2,(H2,18,24)(H,20,23)/t14-/m1/s1. The second kappa shape index (κ2) is 8.15. The zero-order valence-electron chi connectivity index (χ0n) is 14.3. The van der Waals surface area contributed by atoms with Crippen LogP contribution in [0.1, 0.15) is 18.4 Å². The number of likely N-dealkylation sites (tertiary alicyclic amines) is 1. The number of piperidine rings is 1. The molecule has 136 valence electrons. The van der Waals surface area contributed by atoms with Gasteiger partial charge in [-0.25, -0.2) is 9.78 Å². The second-order valence-electron chi connectivity index (χ2n) is 6.46. The fourth-order valence-electron chi connectivity index (χ4n) is 3.26. The summed E-state index contributed by atoms with van der Waals surface area (Å²) >= 11 is 0. The van der Waals surface area contributed by atoms with E-state index < -0.39 is 6.03 Å². The zero-order chi connectivity index (χ0) is 17.6. The summed E-state index contributed by atoms with van der Waals surface area (Å²) in [4.78, 5) is 31.8.